The number of furan rings is 1. The van der Waals surface area contributed by atoms with E-state index in [1.807, 2.05) is 0 Å². The number of carbonyl (C=O) groups is 1. The SMILES string of the molecule is COC(=O)N/N=C/c1cn(-c2ccc(OC)cc2)nc1-c1ccc([N+](=O)[O-])o1. The molecule has 11 heteroatoms. The number of carbonyl (C=O) groups excluding carboxylic acids is 1. The van der Waals surface area contributed by atoms with Gasteiger partial charge in [-0.3, -0.25) is 10.1 Å². The minimum absolute atomic E-state index is 0.179. The molecule has 28 heavy (non-hydrogen) atoms. The largest absolute Gasteiger partial charge is 0.497 e. The number of amides is 1. The standard InChI is InChI=1S/C17H15N5O6/c1-26-13-5-3-12(4-6-13)21-10-11(9-18-19-17(23)27-2)16(20-21)14-7-8-15(28-14)22(24)25/h3-10H,1-2H3,(H,19,23)/b18-9+. The topological polar surface area (TPSA) is 134 Å². The van der Waals surface area contributed by atoms with E-state index in [0.717, 1.165) is 0 Å². The maximum atomic E-state index is 11.1. The zero-order valence-corrected chi connectivity index (χ0v) is 14.9. The molecule has 1 N–H and O–H groups in total. The first-order valence-corrected chi connectivity index (χ1v) is 7.87. The molecule has 0 bridgehead atoms. The van der Waals surface area contributed by atoms with E-state index in [4.69, 9.17) is 9.15 Å². The van der Waals surface area contributed by atoms with Gasteiger partial charge >= 0.3 is 12.0 Å². The highest BCUT2D eigenvalue weighted by Crippen LogP contribution is 2.28. The molecule has 2 aromatic heterocycles. The van der Waals surface area contributed by atoms with Crippen molar-refractivity contribution in [2.45, 2.75) is 0 Å². The Labute approximate surface area is 158 Å². The predicted octanol–water partition coefficient (Wildman–Crippen LogP) is 2.74. The second kappa shape index (κ2) is 8.03. The third-order valence-corrected chi connectivity index (χ3v) is 3.63. The Morgan fingerprint density at radius 2 is 2.04 bits per heavy atom. The van der Waals surface area contributed by atoms with E-state index >= 15 is 0 Å². The first kappa shape index (κ1) is 18.6. The van der Waals surface area contributed by atoms with Crippen LogP contribution in [0.1, 0.15) is 5.56 Å². The van der Waals surface area contributed by atoms with Gasteiger partial charge in [-0.15, -0.1) is 0 Å². The van der Waals surface area contributed by atoms with Crippen LogP contribution in [0.4, 0.5) is 10.7 Å². The van der Waals surface area contributed by atoms with Crippen LogP contribution in [-0.2, 0) is 4.74 Å². The molecule has 0 spiro atoms. The molecule has 0 radical (unpaired) electrons. The molecule has 2 heterocycles. The Hall–Kier alpha value is -4.15. The van der Waals surface area contributed by atoms with Crippen LogP contribution in [0.15, 0.2) is 52.1 Å². The normalized spacial score (nSPS) is 10.8. The Balaban J connectivity index is 2.00. The fraction of sp³-hybridized carbons (Fsp3) is 0.118. The lowest BCUT2D eigenvalue weighted by atomic mass is 10.2. The maximum Gasteiger partial charge on any atom is 0.433 e. The summed E-state index contributed by atoms with van der Waals surface area (Å²) in [5.74, 6) is 0.449. The van der Waals surface area contributed by atoms with Crippen molar-refractivity contribution in [1.82, 2.24) is 15.2 Å². The third-order valence-electron chi connectivity index (χ3n) is 3.63. The Morgan fingerprint density at radius 1 is 1.29 bits per heavy atom. The minimum Gasteiger partial charge on any atom is -0.497 e. The number of nitrogens with one attached hydrogen (secondary N) is 1. The third kappa shape index (κ3) is 3.98. The maximum absolute atomic E-state index is 11.1. The summed E-state index contributed by atoms with van der Waals surface area (Å²) >= 11 is 0. The zero-order chi connectivity index (χ0) is 20.1. The van der Waals surface area contributed by atoms with Crippen molar-refractivity contribution in [2.75, 3.05) is 14.2 Å². The molecule has 11 nitrogen and oxygen atoms in total. The van der Waals surface area contributed by atoms with E-state index in [1.54, 1.807) is 42.3 Å². The van der Waals surface area contributed by atoms with Gasteiger partial charge in [0.2, 0.25) is 0 Å². The van der Waals surface area contributed by atoms with E-state index in [0.29, 0.717) is 22.7 Å². The number of benzene rings is 1. The highest BCUT2D eigenvalue weighted by atomic mass is 16.6. The molecule has 0 aliphatic heterocycles. The van der Waals surface area contributed by atoms with Gasteiger partial charge in [0.25, 0.3) is 0 Å². The molecule has 0 atom stereocenters. The molecule has 3 rings (SSSR count). The summed E-state index contributed by atoms with van der Waals surface area (Å²) in [5.41, 5.74) is 3.63. The molecule has 144 valence electrons. The summed E-state index contributed by atoms with van der Waals surface area (Å²) in [7, 11) is 2.77. The lowest BCUT2D eigenvalue weighted by molar-refractivity contribution is -0.401. The van der Waals surface area contributed by atoms with Gasteiger partial charge in [0.15, 0.2) is 5.76 Å². The van der Waals surface area contributed by atoms with Crippen molar-refractivity contribution in [1.29, 1.82) is 0 Å². The summed E-state index contributed by atoms with van der Waals surface area (Å²) in [6.07, 6.45) is 2.22. The summed E-state index contributed by atoms with van der Waals surface area (Å²) in [5, 5.41) is 19.1. The highest BCUT2D eigenvalue weighted by Gasteiger charge is 2.19. The molecule has 0 aliphatic carbocycles. The zero-order valence-electron chi connectivity index (χ0n) is 14.9. The molecule has 0 aliphatic rings. The van der Waals surface area contributed by atoms with Gasteiger partial charge in [-0.1, -0.05) is 0 Å². The summed E-state index contributed by atoms with van der Waals surface area (Å²) < 4.78 is 16.4. The van der Waals surface area contributed by atoms with Crippen LogP contribution >= 0.6 is 0 Å². The monoisotopic (exact) mass is 385 g/mol. The van der Waals surface area contributed by atoms with Crippen LogP contribution in [0.25, 0.3) is 17.1 Å². The molecule has 0 unspecified atom stereocenters. The average Bonchev–Trinajstić information content (AvgIpc) is 3.35. The molecule has 0 saturated heterocycles. The first-order valence-electron chi connectivity index (χ1n) is 7.87. The quantitative estimate of drug-likeness (QED) is 0.392. The second-order valence-corrected chi connectivity index (χ2v) is 5.33. The second-order valence-electron chi connectivity index (χ2n) is 5.33. The van der Waals surface area contributed by atoms with Gasteiger partial charge in [0, 0.05) is 11.8 Å². The van der Waals surface area contributed by atoms with Crippen LogP contribution in [0, 0.1) is 10.1 Å². The molecule has 0 saturated carbocycles. The number of aromatic nitrogens is 2. The minimum atomic E-state index is -0.742. The Morgan fingerprint density at radius 3 is 2.64 bits per heavy atom. The molecule has 3 aromatic rings. The van der Waals surface area contributed by atoms with Crippen molar-refractivity contribution in [3.05, 3.63) is 58.3 Å². The Kier molecular flexibility index (Phi) is 5.35. The van der Waals surface area contributed by atoms with Crippen molar-refractivity contribution < 1.29 is 23.6 Å². The van der Waals surface area contributed by atoms with E-state index < -0.39 is 16.9 Å². The van der Waals surface area contributed by atoms with Crippen molar-refractivity contribution in [3.8, 4) is 22.9 Å². The smallest absolute Gasteiger partial charge is 0.433 e. The van der Waals surface area contributed by atoms with Gasteiger partial charge in [0.05, 0.1) is 32.2 Å². The molecular formula is C17H15N5O6. The fourth-order valence-corrected chi connectivity index (χ4v) is 2.29. The summed E-state index contributed by atoms with van der Waals surface area (Å²) in [4.78, 5) is 21.4. The number of methoxy groups -OCH3 is 2. The van der Waals surface area contributed by atoms with E-state index in [1.165, 1.54) is 25.5 Å². The van der Waals surface area contributed by atoms with Crippen LogP contribution in [-0.4, -0.2) is 41.2 Å². The lowest BCUT2D eigenvalue weighted by Crippen LogP contribution is -2.16. The van der Waals surface area contributed by atoms with Crippen molar-refractivity contribution in [2.24, 2.45) is 5.10 Å². The van der Waals surface area contributed by atoms with Crippen LogP contribution in [0.5, 0.6) is 5.75 Å². The summed E-state index contributed by atoms with van der Waals surface area (Å²) in [6.45, 7) is 0. The van der Waals surface area contributed by atoms with Crippen LogP contribution < -0.4 is 10.2 Å². The number of ether oxygens (including phenoxy) is 2. The van der Waals surface area contributed by atoms with Crippen molar-refractivity contribution >= 4 is 18.2 Å². The fourth-order valence-electron chi connectivity index (χ4n) is 2.29. The number of nitro groups is 1. The average molecular weight is 385 g/mol. The molecule has 1 aromatic carbocycles. The van der Waals surface area contributed by atoms with Gasteiger partial charge < -0.3 is 13.9 Å². The van der Waals surface area contributed by atoms with E-state index in [2.05, 4.69) is 20.4 Å². The van der Waals surface area contributed by atoms with Gasteiger partial charge in [-0.25, -0.2) is 14.9 Å². The number of hydrogen-bond donors (Lipinski definition) is 1. The predicted molar refractivity (Wildman–Crippen MR) is 97.6 cm³/mol. The van der Waals surface area contributed by atoms with Crippen LogP contribution in [0.3, 0.4) is 0 Å². The van der Waals surface area contributed by atoms with E-state index in [-0.39, 0.29) is 5.76 Å². The van der Waals surface area contributed by atoms with Gasteiger partial charge in [0.1, 0.15) is 16.4 Å². The number of hydrazone groups is 1. The molecular weight excluding hydrogens is 370 g/mol. The van der Waals surface area contributed by atoms with Crippen LogP contribution in [0.2, 0.25) is 0 Å². The van der Waals surface area contributed by atoms with Gasteiger partial charge in [-0.05, 0) is 30.3 Å². The van der Waals surface area contributed by atoms with Crippen molar-refractivity contribution in [3.63, 3.8) is 0 Å². The van der Waals surface area contributed by atoms with Gasteiger partial charge in [-0.2, -0.15) is 10.2 Å². The first-order chi connectivity index (χ1) is 13.5. The Bertz CT molecular complexity index is 1020. The molecule has 1 amide bonds. The highest BCUT2D eigenvalue weighted by molar-refractivity contribution is 5.88. The number of nitrogens with zero attached hydrogens (tertiary/aromatic N) is 4. The lowest BCUT2D eigenvalue weighted by Gasteiger charge is -2.02. The molecule has 0 fully saturated rings. The van der Waals surface area contributed by atoms with E-state index in [9.17, 15) is 14.9 Å². The number of rotatable bonds is 6. The number of hydrogen-bond acceptors (Lipinski definition) is 8. The summed E-state index contributed by atoms with van der Waals surface area (Å²) in [6, 6.07) is 9.77.